The number of aliphatic hydroxyl groups is 2. The zero-order chi connectivity index (χ0) is 15.6. The summed E-state index contributed by atoms with van der Waals surface area (Å²) in [5, 5.41) is 24.4. The van der Waals surface area contributed by atoms with Gasteiger partial charge < -0.3 is 14.9 Å². The molecule has 0 spiro atoms. The van der Waals surface area contributed by atoms with Crippen LogP contribution >= 0.6 is 0 Å². The molecule has 2 aromatic rings. The van der Waals surface area contributed by atoms with Crippen molar-refractivity contribution < 1.29 is 14.9 Å². The molecule has 4 rings (SSSR count). The van der Waals surface area contributed by atoms with E-state index in [4.69, 9.17) is 4.74 Å². The van der Waals surface area contributed by atoms with Gasteiger partial charge in [0.05, 0.1) is 12.3 Å². The highest BCUT2D eigenvalue weighted by molar-refractivity contribution is 5.27. The van der Waals surface area contributed by atoms with Gasteiger partial charge in [-0.3, -0.25) is 19.0 Å². The molecule has 2 aliphatic heterocycles. The van der Waals surface area contributed by atoms with Crippen LogP contribution in [-0.2, 0) is 10.3 Å². The summed E-state index contributed by atoms with van der Waals surface area (Å²) in [5.74, 6) is 0. The molecule has 1 saturated heterocycles. The van der Waals surface area contributed by atoms with Crippen LogP contribution in [0, 0.1) is 6.92 Å². The highest BCUT2D eigenvalue weighted by Gasteiger charge is 2.64. The third kappa shape index (κ3) is 1.40. The second-order valence-corrected chi connectivity index (χ2v) is 5.63. The molecule has 0 aromatic carbocycles. The van der Waals surface area contributed by atoms with Gasteiger partial charge >= 0.3 is 5.69 Å². The van der Waals surface area contributed by atoms with Crippen LogP contribution in [0.2, 0.25) is 0 Å². The highest BCUT2D eigenvalue weighted by atomic mass is 16.6. The zero-order valence-corrected chi connectivity index (χ0v) is 11.6. The lowest BCUT2D eigenvalue weighted by atomic mass is 9.96. The summed E-state index contributed by atoms with van der Waals surface area (Å²) in [7, 11) is 0. The van der Waals surface area contributed by atoms with Crippen molar-refractivity contribution in [1.82, 2.24) is 19.3 Å². The normalized spacial score (nSPS) is 32.4. The van der Waals surface area contributed by atoms with Crippen LogP contribution in [0.15, 0.2) is 28.0 Å². The predicted molar refractivity (Wildman–Crippen MR) is 72.2 cm³/mol. The van der Waals surface area contributed by atoms with Crippen LogP contribution in [0.1, 0.15) is 23.5 Å². The number of H-pyrrole nitrogens is 1. The Morgan fingerprint density at radius 1 is 1.50 bits per heavy atom. The van der Waals surface area contributed by atoms with Crippen LogP contribution in [0.25, 0.3) is 0 Å². The largest absolute Gasteiger partial charge is 0.393 e. The van der Waals surface area contributed by atoms with E-state index < -0.39 is 41.8 Å². The molecule has 22 heavy (non-hydrogen) atoms. The Bertz CT molecular complexity index is 868. The smallest absolute Gasteiger partial charge is 0.330 e. The van der Waals surface area contributed by atoms with E-state index in [2.05, 4.69) is 10.1 Å². The quantitative estimate of drug-likeness (QED) is 0.612. The molecular weight excluding hydrogens is 292 g/mol. The molecule has 0 saturated carbocycles. The molecule has 0 amide bonds. The van der Waals surface area contributed by atoms with Gasteiger partial charge in [-0.1, -0.05) is 0 Å². The van der Waals surface area contributed by atoms with Gasteiger partial charge in [-0.05, 0) is 13.0 Å². The zero-order valence-electron chi connectivity index (χ0n) is 11.6. The number of aliphatic hydroxyl groups excluding tert-OH is 2. The van der Waals surface area contributed by atoms with Gasteiger partial charge in [0.1, 0.15) is 12.1 Å². The van der Waals surface area contributed by atoms with E-state index in [1.54, 1.807) is 23.9 Å². The van der Waals surface area contributed by atoms with E-state index >= 15 is 0 Å². The van der Waals surface area contributed by atoms with Crippen molar-refractivity contribution in [2.24, 2.45) is 0 Å². The fourth-order valence-corrected chi connectivity index (χ4v) is 3.35. The standard InChI is InChI=1S/C13H14N4O5/c1-6-4-16(12(21)15-10(6)20)11-8-9(19)13(5-18,22-11)7-2-3-14-17(7)8/h2-4,8-9,11,18-19H,5H2,1H3,(H,15,20,21)/t8-,9?,11+,13+/m0/s1. The first-order valence-corrected chi connectivity index (χ1v) is 6.82. The number of rotatable bonds is 2. The van der Waals surface area contributed by atoms with Gasteiger partial charge in [0.2, 0.25) is 0 Å². The minimum atomic E-state index is -1.31. The van der Waals surface area contributed by atoms with E-state index in [0.717, 1.165) is 0 Å². The van der Waals surface area contributed by atoms with E-state index in [9.17, 15) is 19.8 Å². The molecule has 0 aliphatic carbocycles. The molecule has 3 N–H and O–H groups in total. The lowest BCUT2D eigenvalue weighted by Gasteiger charge is -2.30. The van der Waals surface area contributed by atoms with Crippen molar-refractivity contribution in [3.63, 3.8) is 0 Å². The van der Waals surface area contributed by atoms with E-state index in [1.807, 2.05) is 0 Å². The molecular formula is C13H14N4O5. The molecule has 2 aliphatic rings. The Morgan fingerprint density at radius 3 is 3.00 bits per heavy atom. The lowest BCUT2D eigenvalue weighted by Crippen LogP contribution is -2.40. The molecule has 2 aromatic heterocycles. The number of aryl methyl sites for hydroxylation is 1. The summed E-state index contributed by atoms with van der Waals surface area (Å²) in [6.07, 6.45) is 1.03. The SMILES string of the molecule is Cc1cn([C@@H]2O[C@]3(CO)c4ccnn4[C@H]2C3O)c(=O)[nH]c1=O. The van der Waals surface area contributed by atoms with Crippen LogP contribution in [0.5, 0.6) is 0 Å². The van der Waals surface area contributed by atoms with Gasteiger partial charge in [-0.2, -0.15) is 5.10 Å². The highest BCUT2D eigenvalue weighted by Crippen LogP contribution is 2.55. The van der Waals surface area contributed by atoms with Crippen molar-refractivity contribution in [2.75, 3.05) is 6.61 Å². The first kappa shape index (κ1) is 13.4. The molecule has 1 fully saturated rings. The summed E-state index contributed by atoms with van der Waals surface area (Å²) in [6.45, 7) is 1.13. The second kappa shape index (κ2) is 4.15. The molecule has 9 nitrogen and oxygen atoms in total. The third-order valence-electron chi connectivity index (χ3n) is 4.47. The number of hydrogen-bond donors (Lipinski definition) is 3. The molecule has 9 heteroatoms. The Labute approximate surface area is 123 Å². The van der Waals surface area contributed by atoms with Gasteiger partial charge in [0.15, 0.2) is 11.8 Å². The van der Waals surface area contributed by atoms with Crippen molar-refractivity contribution in [1.29, 1.82) is 0 Å². The van der Waals surface area contributed by atoms with Crippen molar-refractivity contribution in [2.45, 2.75) is 30.9 Å². The van der Waals surface area contributed by atoms with Crippen molar-refractivity contribution in [3.8, 4) is 0 Å². The summed E-state index contributed by atoms with van der Waals surface area (Å²) >= 11 is 0. The predicted octanol–water partition coefficient (Wildman–Crippen LogP) is -1.63. The van der Waals surface area contributed by atoms with Crippen LogP contribution in [0.4, 0.5) is 0 Å². The van der Waals surface area contributed by atoms with Gasteiger partial charge in [-0.25, -0.2) is 4.79 Å². The summed E-state index contributed by atoms with van der Waals surface area (Å²) in [4.78, 5) is 25.8. The second-order valence-electron chi connectivity index (χ2n) is 5.63. The van der Waals surface area contributed by atoms with Gasteiger partial charge in [-0.15, -0.1) is 0 Å². The fourth-order valence-electron chi connectivity index (χ4n) is 3.35. The third-order valence-corrected chi connectivity index (χ3v) is 4.47. The van der Waals surface area contributed by atoms with Crippen molar-refractivity contribution in [3.05, 3.63) is 50.6 Å². The summed E-state index contributed by atoms with van der Waals surface area (Å²) < 4.78 is 8.61. The average Bonchev–Trinajstić information content (AvgIpc) is 3.12. The van der Waals surface area contributed by atoms with Crippen LogP contribution < -0.4 is 11.2 Å². The number of aromatic nitrogens is 4. The molecule has 2 bridgehead atoms. The van der Waals surface area contributed by atoms with Crippen LogP contribution in [-0.4, -0.2) is 42.3 Å². The van der Waals surface area contributed by atoms with Gasteiger partial charge in [0, 0.05) is 18.0 Å². The Kier molecular flexibility index (Phi) is 2.54. The maximum atomic E-state index is 12.1. The molecule has 4 heterocycles. The maximum absolute atomic E-state index is 12.1. The summed E-state index contributed by atoms with van der Waals surface area (Å²) in [6, 6.07) is 1.01. The van der Waals surface area contributed by atoms with E-state index in [1.165, 1.54) is 10.8 Å². The Balaban J connectivity index is 1.90. The summed E-state index contributed by atoms with van der Waals surface area (Å²) in [5.41, 5.74) is -1.50. The molecule has 116 valence electrons. The van der Waals surface area contributed by atoms with Crippen LogP contribution in [0.3, 0.4) is 0 Å². The fraction of sp³-hybridized carbons (Fsp3) is 0.462. The number of fused-ring (bicyclic) bond motifs is 5. The minimum absolute atomic E-state index is 0.346. The average molecular weight is 306 g/mol. The number of nitrogens with zero attached hydrogens (tertiary/aromatic N) is 3. The lowest BCUT2D eigenvalue weighted by molar-refractivity contribution is -0.143. The van der Waals surface area contributed by atoms with E-state index in [-0.39, 0.29) is 0 Å². The van der Waals surface area contributed by atoms with E-state index in [0.29, 0.717) is 11.3 Å². The monoisotopic (exact) mass is 306 g/mol. The first-order chi connectivity index (χ1) is 10.5. The number of nitrogens with one attached hydrogen (secondary N) is 1. The first-order valence-electron chi connectivity index (χ1n) is 6.82. The minimum Gasteiger partial charge on any atom is -0.393 e. The molecule has 0 radical (unpaired) electrons. The topological polar surface area (TPSA) is 122 Å². The number of aromatic amines is 1. The number of hydrogen-bond acceptors (Lipinski definition) is 6. The Hall–Kier alpha value is -2.23. The molecule has 1 unspecified atom stereocenters. The molecule has 4 atom stereocenters. The van der Waals surface area contributed by atoms with Gasteiger partial charge in [0.25, 0.3) is 5.56 Å². The number of ether oxygens (including phenoxy) is 1. The maximum Gasteiger partial charge on any atom is 0.330 e. The Morgan fingerprint density at radius 2 is 2.27 bits per heavy atom. The van der Waals surface area contributed by atoms with Crippen molar-refractivity contribution >= 4 is 0 Å².